The van der Waals surface area contributed by atoms with Crippen molar-refractivity contribution in [2.24, 2.45) is 10.2 Å². The van der Waals surface area contributed by atoms with E-state index in [4.69, 9.17) is 10.7 Å². The van der Waals surface area contributed by atoms with E-state index in [1.54, 1.807) is 0 Å². The molecule has 0 saturated carbocycles. The van der Waals surface area contributed by atoms with Crippen LogP contribution in [0.25, 0.3) is 10.8 Å². The van der Waals surface area contributed by atoms with Gasteiger partial charge in [0.1, 0.15) is 16.3 Å². The van der Waals surface area contributed by atoms with Gasteiger partial charge < -0.3 is 10.4 Å². The highest BCUT2D eigenvalue weighted by molar-refractivity contribution is 8.13. The Balaban J connectivity index is 2.29. The molecule has 0 aliphatic rings. The maximum absolute atomic E-state index is 12.1. The molecular formula is C19H15ClN4O8S2. The zero-order chi connectivity index (χ0) is 25.4. The fourth-order valence-corrected chi connectivity index (χ4v) is 4.65. The van der Waals surface area contributed by atoms with Crippen LogP contribution in [0.2, 0.25) is 0 Å². The van der Waals surface area contributed by atoms with Crippen LogP contribution in [0.3, 0.4) is 0 Å². The minimum Gasteiger partial charge on any atom is -0.507 e. The van der Waals surface area contributed by atoms with Gasteiger partial charge >= 0.3 is 0 Å². The fraction of sp³-hybridized carbons (Fsp3) is 0.105. The number of rotatable bonds is 6. The second kappa shape index (κ2) is 8.96. The average Bonchev–Trinajstić information content (AvgIpc) is 2.71. The van der Waals surface area contributed by atoms with E-state index in [1.165, 1.54) is 19.1 Å². The summed E-state index contributed by atoms with van der Waals surface area (Å²) < 4.78 is 48.1. The molecule has 3 aromatic carbocycles. The zero-order valence-corrected chi connectivity index (χ0v) is 19.8. The number of non-ortho nitro benzene ring substituents is 1. The molecule has 0 aliphatic heterocycles. The lowest BCUT2D eigenvalue weighted by Gasteiger charge is -2.12. The number of hydrogen-bond donors (Lipinski definition) is 2. The van der Waals surface area contributed by atoms with Gasteiger partial charge in [-0.2, -0.15) is 0 Å². The first-order valence-corrected chi connectivity index (χ1v) is 13.3. The molecule has 12 nitrogen and oxygen atoms in total. The number of halogens is 1. The predicted octanol–water partition coefficient (Wildman–Crippen LogP) is 4.16. The number of fused-ring (bicyclic) bond motifs is 1. The van der Waals surface area contributed by atoms with Gasteiger partial charge in [0.2, 0.25) is 5.91 Å². The smallest absolute Gasteiger partial charge is 0.270 e. The van der Waals surface area contributed by atoms with Crippen LogP contribution in [0.1, 0.15) is 6.92 Å². The van der Waals surface area contributed by atoms with Crippen molar-refractivity contribution in [2.45, 2.75) is 16.7 Å². The molecular weight excluding hydrogens is 512 g/mol. The summed E-state index contributed by atoms with van der Waals surface area (Å²) in [6.45, 7) is 1.18. The molecule has 0 bridgehead atoms. The maximum atomic E-state index is 12.1. The standard InChI is InChI=1S/C19H15ClN4O8S2/c1-10(25)21-16-9-12(34(20,31)32)8-13-14(5-6-17(26)19(13)16)22-23-15-4-3-11(24(27)28)7-18(15)33(2,29)30/h3-9,26H,1-2H3,(H,21,25). The van der Waals surface area contributed by atoms with Crippen LogP contribution in [-0.4, -0.2) is 39.0 Å². The monoisotopic (exact) mass is 526 g/mol. The van der Waals surface area contributed by atoms with Crippen LogP contribution in [0.15, 0.2) is 62.5 Å². The third kappa shape index (κ3) is 5.30. The van der Waals surface area contributed by atoms with E-state index in [0.717, 1.165) is 36.6 Å². The Morgan fingerprint density at radius 2 is 1.68 bits per heavy atom. The van der Waals surface area contributed by atoms with E-state index in [0.29, 0.717) is 0 Å². The Morgan fingerprint density at radius 3 is 2.24 bits per heavy atom. The van der Waals surface area contributed by atoms with Crippen LogP contribution >= 0.6 is 10.7 Å². The number of nitro groups is 1. The van der Waals surface area contributed by atoms with Gasteiger partial charge in [0, 0.05) is 46.8 Å². The van der Waals surface area contributed by atoms with Crippen molar-refractivity contribution in [1.82, 2.24) is 0 Å². The molecule has 0 unspecified atom stereocenters. The highest BCUT2D eigenvalue weighted by Crippen LogP contribution is 2.41. The first kappa shape index (κ1) is 25.0. The SMILES string of the molecule is CC(=O)Nc1cc(S(=O)(=O)Cl)cc2c(N=Nc3ccc([N+](=O)[O-])cc3S(C)(=O)=O)ccc(O)c12. The Morgan fingerprint density at radius 1 is 1.06 bits per heavy atom. The average molecular weight is 527 g/mol. The van der Waals surface area contributed by atoms with E-state index in [9.17, 15) is 36.9 Å². The van der Waals surface area contributed by atoms with Crippen LogP contribution in [-0.2, 0) is 23.7 Å². The number of phenolic OH excluding ortho intramolecular Hbond substituents is 1. The van der Waals surface area contributed by atoms with Crippen LogP contribution in [0, 0.1) is 10.1 Å². The van der Waals surface area contributed by atoms with Crippen LogP contribution in [0.4, 0.5) is 22.7 Å². The van der Waals surface area contributed by atoms with E-state index in [2.05, 4.69) is 15.5 Å². The molecule has 15 heteroatoms. The molecule has 178 valence electrons. The molecule has 2 N–H and O–H groups in total. The molecule has 0 radical (unpaired) electrons. The number of anilines is 1. The lowest BCUT2D eigenvalue weighted by atomic mass is 10.1. The first-order chi connectivity index (χ1) is 15.7. The Labute approximate surface area is 197 Å². The summed E-state index contributed by atoms with van der Waals surface area (Å²) in [6.07, 6.45) is 0.846. The molecule has 3 rings (SSSR count). The summed E-state index contributed by atoms with van der Waals surface area (Å²) in [6, 6.07) is 7.63. The molecule has 0 heterocycles. The van der Waals surface area contributed by atoms with Crippen molar-refractivity contribution in [3.63, 3.8) is 0 Å². The van der Waals surface area contributed by atoms with Crippen molar-refractivity contribution in [3.8, 4) is 5.75 Å². The van der Waals surface area contributed by atoms with Crippen LogP contribution in [0.5, 0.6) is 5.75 Å². The number of hydrogen-bond acceptors (Lipinski definition) is 10. The summed E-state index contributed by atoms with van der Waals surface area (Å²) in [4.78, 5) is 21.0. The highest BCUT2D eigenvalue weighted by atomic mass is 35.7. The van der Waals surface area contributed by atoms with Crippen LogP contribution < -0.4 is 5.32 Å². The number of benzene rings is 3. The third-order valence-corrected chi connectivity index (χ3v) is 6.91. The Hall–Kier alpha value is -3.62. The summed E-state index contributed by atoms with van der Waals surface area (Å²) in [5, 5.41) is 31.7. The number of phenols is 1. The minimum absolute atomic E-state index is 0.0145. The predicted molar refractivity (Wildman–Crippen MR) is 123 cm³/mol. The van der Waals surface area contributed by atoms with Gasteiger partial charge in [-0.25, -0.2) is 16.8 Å². The summed E-state index contributed by atoms with van der Waals surface area (Å²) in [7, 11) is -2.73. The van der Waals surface area contributed by atoms with Crippen molar-refractivity contribution in [3.05, 3.63) is 52.6 Å². The van der Waals surface area contributed by atoms with Crippen molar-refractivity contribution >= 4 is 69.0 Å². The number of amides is 1. The molecule has 0 saturated heterocycles. The fourth-order valence-electron chi connectivity index (χ4n) is 3.04. The first-order valence-electron chi connectivity index (χ1n) is 9.10. The molecule has 0 aliphatic carbocycles. The second-order valence-electron chi connectivity index (χ2n) is 7.00. The van der Waals surface area contributed by atoms with Gasteiger partial charge in [-0.3, -0.25) is 14.9 Å². The van der Waals surface area contributed by atoms with Crippen molar-refractivity contribution in [2.75, 3.05) is 11.6 Å². The number of sulfone groups is 1. The van der Waals surface area contributed by atoms with Gasteiger partial charge in [-0.1, -0.05) is 0 Å². The van der Waals surface area contributed by atoms with E-state index in [-0.39, 0.29) is 33.6 Å². The van der Waals surface area contributed by atoms with E-state index in [1.807, 2.05) is 0 Å². The third-order valence-electron chi connectivity index (χ3n) is 4.45. The Kier molecular flexibility index (Phi) is 6.59. The highest BCUT2D eigenvalue weighted by Gasteiger charge is 2.20. The lowest BCUT2D eigenvalue weighted by molar-refractivity contribution is -0.385. The molecule has 3 aromatic rings. The molecule has 0 spiro atoms. The molecule has 0 atom stereocenters. The maximum Gasteiger partial charge on any atom is 0.270 e. The number of azo groups is 1. The van der Waals surface area contributed by atoms with Gasteiger partial charge in [-0.05, 0) is 30.3 Å². The molecule has 34 heavy (non-hydrogen) atoms. The van der Waals surface area contributed by atoms with Gasteiger partial charge in [0.05, 0.1) is 21.2 Å². The number of nitro benzene ring substituents is 1. The summed E-state index contributed by atoms with van der Waals surface area (Å²) in [5.41, 5.74) is -0.755. The van der Waals surface area contributed by atoms with E-state index < -0.39 is 45.2 Å². The zero-order valence-electron chi connectivity index (χ0n) is 17.4. The van der Waals surface area contributed by atoms with Crippen molar-refractivity contribution in [1.29, 1.82) is 0 Å². The number of carbonyl (C=O) groups is 1. The van der Waals surface area contributed by atoms with Crippen molar-refractivity contribution < 1.29 is 31.7 Å². The lowest BCUT2D eigenvalue weighted by Crippen LogP contribution is -2.07. The largest absolute Gasteiger partial charge is 0.507 e. The molecule has 0 fully saturated rings. The summed E-state index contributed by atoms with van der Waals surface area (Å²) >= 11 is 0. The number of nitrogens with one attached hydrogen (secondary N) is 1. The normalized spacial score (nSPS) is 12.2. The Bertz CT molecular complexity index is 1600. The van der Waals surface area contributed by atoms with E-state index >= 15 is 0 Å². The number of carbonyl (C=O) groups excluding carboxylic acids is 1. The quantitative estimate of drug-likeness (QED) is 0.207. The summed E-state index contributed by atoms with van der Waals surface area (Å²) in [5.74, 6) is -0.871. The number of nitrogens with zero attached hydrogens (tertiary/aromatic N) is 3. The topological polar surface area (TPSA) is 185 Å². The number of aromatic hydroxyl groups is 1. The second-order valence-corrected chi connectivity index (χ2v) is 11.5. The minimum atomic E-state index is -4.26. The van der Waals surface area contributed by atoms with Gasteiger partial charge in [-0.15, -0.1) is 10.2 Å². The molecule has 0 aromatic heterocycles. The van der Waals surface area contributed by atoms with Gasteiger partial charge in [0.15, 0.2) is 9.84 Å². The van der Waals surface area contributed by atoms with Gasteiger partial charge in [0.25, 0.3) is 14.7 Å². The molecule has 1 amide bonds.